The lowest BCUT2D eigenvalue weighted by Crippen LogP contribution is -2.49. The van der Waals surface area contributed by atoms with Crippen molar-refractivity contribution in [2.24, 2.45) is 5.92 Å². The first kappa shape index (κ1) is 17.3. The first-order valence-electron chi connectivity index (χ1n) is 8.36. The molecule has 1 heterocycles. The van der Waals surface area contributed by atoms with Crippen LogP contribution in [0.25, 0.3) is 0 Å². The molecule has 2 rings (SSSR count). The van der Waals surface area contributed by atoms with Gasteiger partial charge >= 0.3 is 6.09 Å². The average molecular weight is 318 g/mol. The third-order valence-electron chi connectivity index (χ3n) is 4.27. The van der Waals surface area contributed by atoms with E-state index in [4.69, 9.17) is 4.74 Å². The van der Waals surface area contributed by atoms with Gasteiger partial charge in [0.25, 0.3) is 0 Å². The molecule has 1 aromatic rings. The lowest BCUT2D eigenvalue weighted by atomic mass is 9.90. The van der Waals surface area contributed by atoms with E-state index >= 15 is 0 Å². The monoisotopic (exact) mass is 318 g/mol. The number of nitrogens with one attached hydrogen (secondary N) is 1. The number of benzene rings is 1. The zero-order valence-electron chi connectivity index (χ0n) is 14.0. The topological polar surface area (TPSA) is 58.6 Å². The molecule has 23 heavy (non-hydrogen) atoms. The van der Waals surface area contributed by atoms with Gasteiger partial charge in [0.15, 0.2) is 0 Å². The summed E-state index contributed by atoms with van der Waals surface area (Å²) in [6, 6.07) is 9.93. The van der Waals surface area contributed by atoms with Crippen LogP contribution in [-0.2, 0) is 16.0 Å². The fraction of sp³-hybridized carbons (Fsp3) is 0.556. The Kier molecular flexibility index (Phi) is 6.44. The first-order valence-corrected chi connectivity index (χ1v) is 8.36. The van der Waals surface area contributed by atoms with Gasteiger partial charge in [-0.3, -0.25) is 4.79 Å². The summed E-state index contributed by atoms with van der Waals surface area (Å²) in [4.78, 5) is 25.6. The van der Waals surface area contributed by atoms with E-state index in [0.717, 1.165) is 32.4 Å². The van der Waals surface area contributed by atoms with E-state index in [1.54, 1.807) is 13.8 Å². The van der Waals surface area contributed by atoms with Crippen LogP contribution in [0.1, 0.15) is 32.3 Å². The second-order valence-corrected chi connectivity index (χ2v) is 6.04. The summed E-state index contributed by atoms with van der Waals surface area (Å²) in [6.07, 6.45) is 2.55. The summed E-state index contributed by atoms with van der Waals surface area (Å²) in [7, 11) is 0. The van der Waals surface area contributed by atoms with E-state index in [1.807, 2.05) is 11.0 Å². The molecule has 0 unspecified atom stereocenters. The van der Waals surface area contributed by atoms with Crippen LogP contribution in [0.3, 0.4) is 0 Å². The molecule has 0 aliphatic carbocycles. The summed E-state index contributed by atoms with van der Waals surface area (Å²) in [5.41, 5.74) is 1.36. The minimum absolute atomic E-state index is 0.0313. The average Bonchev–Trinajstić information content (AvgIpc) is 2.56. The lowest BCUT2D eigenvalue weighted by Gasteiger charge is -2.33. The number of nitrogens with zero attached hydrogens (tertiary/aromatic N) is 1. The highest BCUT2D eigenvalue weighted by molar-refractivity contribution is 5.85. The predicted molar refractivity (Wildman–Crippen MR) is 89.1 cm³/mol. The van der Waals surface area contributed by atoms with Crippen molar-refractivity contribution in [1.82, 2.24) is 10.2 Å². The highest BCUT2D eigenvalue weighted by Gasteiger charge is 2.27. The maximum absolute atomic E-state index is 12.4. The maximum Gasteiger partial charge on any atom is 0.407 e. The number of hydrogen-bond acceptors (Lipinski definition) is 3. The van der Waals surface area contributed by atoms with Gasteiger partial charge < -0.3 is 15.0 Å². The number of carbonyl (C=O) groups excluding carboxylic acids is 2. The normalized spacial score (nSPS) is 16.7. The number of hydrogen-bond donors (Lipinski definition) is 1. The Morgan fingerprint density at radius 1 is 1.26 bits per heavy atom. The number of rotatable bonds is 5. The predicted octanol–water partition coefficient (Wildman–Crippen LogP) is 2.60. The van der Waals surface area contributed by atoms with Gasteiger partial charge in [0.2, 0.25) is 5.91 Å². The smallest absolute Gasteiger partial charge is 0.407 e. The minimum atomic E-state index is -0.542. The molecular formula is C18H26N2O3. The largest absolute Gasteiger partial charge is 0.450 e. The van der Waals surface area contributed by atoms with Crippen molar-refractivity contribution in [3.63, 3.8) is 0 Å². The fourth-order valence-corrected chi connectivity index (χ4v) is 2.99. The van der Waals surface area contributed by atoms with E-state index in [1.165, 1.54) is 5.56 Å². The van der Waals surface area contributed by atoms with Crippen LogP contribution in [0, 0.1) is 5.92 Å². The second-order valence-electron chi connectivity index (χ2n) is 6.04. The van der Waals surface area contributed by atoms with Crippen LogP contribution in [0.5, 0.6) is 0 Å². The Morgan fingerprint density at radius 2 is 1.91 bits per heavy atom. The van der Waals surface area contributed by atoms with Crippen LogP contribution in [0.15, 0.2) is 30.3 Å². The molecule has 1 aliphatic heterocycles. The summed E-state index contributed by atoms with van der Waals surface area (Å²) >= 11 is 0. The van der Waals surface area contributed by atoms with Gasteiger partial charge in [0, 0.05) is 13.1 Å². The lowest BCUT2D eigenvalue weighted by molar-refractivity contribution is -0.134. The van der Waals surface area contributed by atoms with Crippen LogP contribution >= 0.6 is 0 Å². The molecule has 1 aliphatic rings. The molecule has 1 fully saturated rings. The molecule has 0 radical (unpaired) electrons. The zero-order chi connectivity index (χ0) is 16.7. The van der Waals surface area contributed by atoms with Crippen molar-refractivity contribution in [2.75, 3.05) is 19.7 Å². The molecule has 0 bridgehead atoms. The van der Waals surface area contributed by atoms with E-state index in [9.17, 15) is 9.59 Å². The molecule has 0 aromatic heterocycles. The molecule has 1 aromatic carbocycles. The molecule has 1 atom stereocenters. The van der Waals surface area contributed by atoms with Crippen LogP contribution in [-0.4, -0.2) is 42.6 Å². The molecule has 1 saturated heterocycles. The number of carbonyl (C=O) groups is 2. The highest BCUT2D eigenvalue weighted by atomic mass is 16.5. The Hall–Kier alpha value is -2.04. The first-order chi connectivity index (χ1) is 11.1. The van der Waals surface area contributed by atoms with Gasteiger partial charge in [-0.05, 0) is 44.6 Å². The Morgan fingerprint density at radius 3 is 2.52 bits per heavy atom. The Labute approximate surface area is 138 Å². The van der Waals surface area contributed by atoms with Crippen molar-refractivity contribution in [3.8, 4) is 0 Å². The van der Waals surface area contributed by atoms with Gasteiger partial charge in [-0.25, -0.2) is 4.79 Å². The van der Waals surface area contributed by atoms with E-state index < -0.39 is 12.1 Å². The number of amides is 2. The van der Waals surface area contributed by atoms with Gasteiger partial charge in [-0.1, -0.05) is 30.3 Å². The molecule has 1 N–H and O–H groups in total. The third kappa shape index (κ3) is 5.27. The Bertz CT molecular complexity index is 510. The van der Waals surface area contributed by atoms with E-state index in [0.29, 0.717) is 12.5 Å². The summed E-state index contributed by atoms with van der Waals surface area (Å²) < 4.78 is 4.81. The third-order valence-corrected chi connectivity index (χ3v) is 4.27. The minimum Gasteiger partial charge on any atom is -0.450 e. The standard InChI is InChI=1S/C18H26N2O3/c1-3-23-18(22)19-14(2)17(21)20-11-9-16(10-12-20)13-15-7-5-4-6-8-15/h4-8,14,16H,3,9-13H2,1-2H3,(H,19,22)/t14-/m0/s1. The number of ether oxygens (including phenoxy) is 1. The number of alkyl carbamates (subject to hydrolysis) is 1. The molecule has 5 nitrogen and oxygen atoms in total. The second kappa shape index (κ2) is 8.56. The zero-order valence-corrected chi connectivity index (χ0v) is 14.0. The van der Waals surface area contributed by atoms with Gasteiger partial charge in [0.1, 0.15) is 6.04 Å². The molecular weight excluding hydrogens is 292 g/mol. The SMILES string of the molecule is CCOC(=O)N[C@@H](C)C(=O)N1CCC(Cc2ccccc2)CC1. The van der Waals surface area contributed by atoms with Crippen LogP contribution < -0.4 is 5.32 Å². The summed E-state index contributed by atoms with van der Waals surface area (Å²) in [5, 5.41) is 2.58. The maximum atomic E-state index is 12.4. The van der Waals surface area contributed by atoms with E-state index in [2.05, 4.69) is 29.6 Å². The molecule has 0 saturated carbocycles. The quantitative estimate of drug-likeness (QED) is 0.908. The number of likely N-dealkylation sites (tertiary alicyclic amines) is 1. The van der Waals surface area contributed by atoms with Crippen molar-refractivity contribution >= 4 is 12.0 Å². The van der Waals surface area contributed by atoms with Crippen LogP contribution in [0.2, 0.25) is 0 Å². The molecule has 0 spiro atoms. The van der Waals surface area contributed by atoms with Crippen molar-refractivity contribution < 1.29 is 14.3 Å². The van der Waals surface area contributed by atoms with Gasteiger partial charge in [-0.15, -0.1) is 0 Å². The molecule has 5 heteroatoms. The highest BCUT2D eigenvalue weighted by Crippen LogP contribution is 2.22. The fourth-order valence-electron chi connectivity index (χ4n) is 2.99. The molecule has 2 amide bonds. The van der Waals surface area contributed by atoms with Crippen molar-refractivity contribution in [3.05, 3.63) is 35.9 Å². The summed E-state index contributed by atoms with van der Waals surface area (Å²) in [6.45, 7) is 5.26. The van der Waals surface area contributed by atoms with Crippen molar-refractivity contribution in [2.45, 2.75) is 39.2 Å². The van der Waals surface area contributed by atoms with Crippen LogP contribution in [0.4, 0.5) is 4.79 Å². The Balaban J connectivity index is 1.77. The van der Waals surface area contributed by atoms with E-state index in [-0.39, 0.29) is 5.91 Å². The van der Waals surface area contributed by atoms with Gasteiger partial charge in [-0.2, -0.15) is 0 Å². The molecule has 126 valence electrons. The summed E-state index contributed by atoms with van der Waals surface area (Å²) in [5.74, 6) is 0.589. The van der Waals surface area contributed by atoms with Crippen molar-refractivity contribution in [1.29, 1.82) is 0 Å². The van der Waals surface area contributed by atoms with Gasteiger partial charge in [0.05, 0.1) is 6.61 Å². The number of piperidine rings is 1.